The summed E-state index contributed by atoms with van der Waals surface area (Å²) in [5.41, 5.74) is 1.22. The molecule has 4 heteroatoms. The minimum Gasteiger partial charge on any atom is -0.290 e. The molecule has 0 bridgehead atoms. The summed E-state index contributed by atoms with van der Waals surface area (Å²) >= 11 is 0. The van der Waals surface area contributed by atoms with Crippen LogP contribution in [0, 0.1) is 21.4 Å². The van der Waals surface area contributed by atoms with Crippen LogP contribution in [0.25, 0.3) is 0 Å². The molecule has 0 amide bonds. The summed E-state index contributed by atoms with van der Waals surface area (Å²) in [7, 11) is 0. The van der Waals surface area contributed by atoms with E-state index in [4.69, 9.17) is 0 Å². The Morgan fingerprint density at radius 2 is 2.13 bits per heavy atom. The van der Waals surface area contributed by atoms with E-state index in [1.807, 2.05) is 0 Å². The van der Waals surface area contributed by atoms with Gasteiger partial charge in [0.2, 0.25) is 6.04 Å². The van der Waals surface area contributed by atoms with Gasteiger partial charge in [-0.2, -0.15) is 0 Å². The summed E-state index contributed by atoms with van der Waals surface area (Å²) in [4.78, 5) is 15.3. The van der Waals surface area contributed by atoms with Crippen molar-refractivity contribution in [2.24, 2.45) is 16.3 Å². The van der Waals surface area contributed by atoms with Crippen LogP contribution in [-0.2, 0) is 0 Å². The molecule has 1 saturated carbocycles. The Labute approximate surface area is 89.9 Å². The van der Waals surface area contributed by atoms with E-state index < -0.39 is 0 Å². The van der Waals surface area contributed by atoms with E-state index in [-0.39, 0.29) is 16.4 Å². The molecule has 0 aromatic carbocycles. The first-order valence-electron chi connectivity index (χ1n) is 5.61. The highest BCUT2D eigenvalue weighted by molar-refractivity contribution is 5.89. The maximum atomic E-state index is 10.8. The van der Waals surface area contributed by atoms with Crippen LogP contribution in [0.5, 0.6) is 0 Å². The van der Waals surface area contributed by atoms with Gasteiger partial charge in [0.15, 0.2) is 0 Å². The summed E-state index contributed by atoms with van der Waals surface area (Å²) < 4.78 is 0. The lowest BCUT2D eigenvalue weighted by molar-refractivity contribution is -0.528. The number of nitro groups is 1. The predicted octanol–water partition coefficient (Wildman–Crippen LogP) is 2.30. The number of rotatable bonds is 1. The molecule has 1 aliphatic heterocycles. The largest absolute Gasteiger partial charge is 0.290 e. The SMILES string of the molecule is CC1=NC2CCC([N+](=O)[O-])CC2C1(C)C. The lowest BCUT2D eigenvalue weighted by Gasteiger charge is -2.34. The number of nitrogens with zero attached hydrogens (tertiary/aromatic N) is 2. The smallest absolute Gasteiger partial charge is 0.213 e. The van der Waals surface area contributed by atoms with Crippen molar-refractivity contribution < 1.29 is 4.92 Å². The highest BCUT2D eigenvalue weighted by atomic mass is 16.6. The quantitative estimate of drug-likeness (QED) is 0.492. The average molecular weight is 210 g/mol. The molecular formula is C11H18N2O2. The molecule has 0 saturated heterocycles. The van der Waals surface area contributed by atoms with Crippen molar-refractivity contribution in [2.75, 3.05) is 0 Å². The molecule has 2 rings (SSSR count). The van der Waals surface area contributed by atoms with E-state index in [2.05, 4.69) is 25.8 Å². The second-order valence-corrected chi connectivity index (χ2v) is 5.36. The van der Waals surface area contributed by atoms with Gasteiger partial charge in [0.05, 0.1) is 6.04 Å². The molecule has 0 radical (unpaired) electrons. The van der Waals surface area contributed by atoms with Crippen molar-refractivity contribution in [1.82, 2.24) is 0 Å². The fraction of sp³-hybridized carbons (Fsp3) is 0.909. The minimum atomic E-state index is -0.341. The third kappa shape index (κ3) is 1.56. The number of hydrogen-bond acceptors (Lipinski definition) is 3. The van der Waals surface area contributed by atoms with Gasteiger partial charge < -0.3 is 0 Å². The zero-order valence-corrected chi connectivity index (χ0v) is 9.56. The molecule has 0 spiro atoms. The lowest BCUT2D eigenvalue weighted by atomic mass is 9.68. The van der Waals surface area contributed by atoms with Crippen molar-refractivity contribution in [3.8, 4) is 0 Å². The molecule has 1 heterocycles. The summed E-state index contributed by atoms with van der Waals surface area (Å²) in [6.07, 6.45) is 2.28. The maximum Gasteiger partial charge on any atom is 0.213 e. The Kier molecular flexibility index (Phi) is 2.32. The molecule has 0 aromatic heterocycles. The zero-order valence-electron chi connectivity index (χ0n) is 9.56. The van der Waals surface area contributed by atoms with Crippen LogP contribution in [0.1, 0.15) is 40.0 Å². The van der Waals surface area contributed by atoms with Gasteiger partial charge in [-0.1, -0.05) is 13.8 Å². The Morgan fingerprint density at radius 1 is 1.47 bits per heavy atom. The number of aliphatic imine (C=N–C) groups is 1. The first kappa shape index (κ1) is 10.6. The standard InChI is InChI=1S/C11H18N2O2/c1-7-11(2,3)9-6-8(13(14)15)4-5-10(9)12-7/h8-10H,4-6H2,1-3H3. The Morgan fingerprint density at radius 3 is 2.73 bits per heavy atom. The first-order chi connectivity index (χ1) is 6.93. The molecule has 1 aliphatic carbocycles. The topological polar surface area (TPSA) is 55.5 Å². The van der Waals surface area contributed by atoms with E-state index >= 15 is 0 Å². The molecule has 3 unspecified atom stereocenters. The second kappa shape index (κ2) is 3.29. The number of fused-ring (bicyclic) bond motifs is 1. The molecule has 1 fully saturated rings. The fourth-order valence-electron chi connectivity index (χ4n) is 2.94. The van der Waals surface area contributed by atoms with Gasteiger partial charge in [0.1, 0.15) is 0 Å². The van der Waals surface area contributed by atoms with E-state index in [9.17, 15) is 10.1 Å². The summed E-state index contributed by atoms with van der Waals surface area (Å²) in [5, 5.41) is 10.8. The van der Waals surface area contributed by atoms with Crippen molar-refractivity contribution in [3.63, 3.8) is 0 Å². The van der Waals surface area contributed by atoms with Gasteiger partial charge in [0.25, 0.3) is 0 Å². The predicted molar refractivity (Wildman–Crippen MR) is 58.8 cm³/mol. The van der Waals surface area contributed by atoms with Gasteiger partial charge in [0, 0.05) is 28.9 Å². The van der Waals surface area contributed by atoms with Gasteiger partial charge >= 0.3 is 0 Å². The van der Waals surface area contributed by atoms with E-state index in [1.165, 1.54) is 5.71 Å². The highest BCUT2D eigenvalue weighted by Gasteiger charge is 2.48. The van der Waals surface area contributed by atoms with Gasteiger partial charge in [-0.05, 0) is 19.3 Å². The van der Waals surface area contributed by atoms with Crippen molar-refractivity contribution in [1.29, 1.82) is 0 Å². The lowest BCUT2D eigenvalue weighted by Crippen LogP contribution is -2.39. The zero-order chi connectivity index (χ0) is 11.2. The Bertz CT molecular complexity index is 323. The molecule has 0 N–H and O–H groups in total. The van der Waals surface area contributed by atoms with Crippen molar-refractivity contribution in [2.45, 2.75) is 52.1 Å². The summed E-state index contributed by atoms with van der Waals surface area (Å²) in [5.74, 6) is 0.377. The maximum absolute atomic E-state index is 10.8. The minimum absolute atomic E-state index is 0.0549. The normalized spacial score (nSPS) is 38.3. The highest BCUT2D eigenvalue weighted by Crippen LogP contribution is 2.46. The monoisotopic (exact) mass is 210 g/mol. The van der Waals surface area contributed by atoms with Crippen LogP contribution in [0.2, 0.25) is 0 Å². The van der Waals surface area contributed by atoms with Gasteiger partial charge in [-0.3, -0.25) is 15.1 Å². The van der Waals surface area contributed by atoms with Crippen LogP contribution >= 0.6 is 0 Å². The third-order valence-electron chi connectivity index (χ3n) is 4.30. The van der Waals surface area contributed by atoms with Crippen molar-refractivity contribution in [3.05, 3.63) is 10.1 Å². The molecule has 15 heavy (non-hydrogen) atoms. The fourth-order valence-corrected chi connectivity index (χ4v) is 2.94. The van der Waals surface area contributed by atoms with Gasteiger partial charge in [-0.25, -0.2) is 0 Å². The van der Waals surface area contributed by atoms with E-state index in [1.54, 1.807) is 0 Å². The molecule has 84 valence electrons. The molecule has 4 nitrogen and oxygen atoms in total. The Balaban J connectivity index is 2.18. The van der Waals surface area contributed by atoms with Crippen LogP contribution in [-0.4, -0.2) is 22.7 Å². The molecule has 0 aromatic rings. The third-order valence-corrected chi connectivity index (χ3v) is 4.30. The van der Waals surface area contributed by atoms with E-state index in [0.717, 1.165) is 6.42 Å². The summed E-state index contributed by atoms with van der Waals surface area (Å²) in [6, 6.07) is 0.00262. The van der Waals surface area contributed by atoms with Crippen LogP contribution in [0.4, 0.5) is 0 Å². The van der Waals surface area contributed by atoms with Crippen LogP contribution in [0.3, 0.4) is 0 Å². The van der Waals surface area contributed by atoms with Crippen LogP contribution in [0.15, 0.2) is 4.99 Å². The Hall–Kier alpha value is -0.930. The first-order valence-corrected chi connectivity index (χ1v) is 5.61. The summed E-state index contributed by atoms with van der Waals surface area (Å²) in [6.45, 7) is 6.39. The molecule has 2 aliphatic rings. The molecule has 3 atom stereocenters. The average Bonchev–Trinajstić information content (AvgIpc) is 2.38. The number of hydrogen-bond donors (Lipinski definition) is 0. The van der Waals surface area contributed by atoms with E-state index in [0.29, 0.717) is 24.8 Å². The van der Waals surface area contributed by atoms with Crippen LogP contribution < -0.4 is 0 Å². The second-order valence-electron chi connectivity index (χ2n) is 5.36. The van der Waals surface area contributed by atoms with Crippen molar-refractivity contribution >= 4 is 5.71 Å². The van der Waals surface area contributed by atoms with Gasteiger partial charge in [-0.15, -0.1) is 0 Å². The molecular weight excluding hydrogens is 192 g/mol.